The van der Waals surface area contributed by atoms with Gasteiger partial charge in [0.25, 0.3) is 0 Å². The van der Waals surface area contributed by atoms with E-state index in [1.165, 1.54) is 12.1 Å². The zero-order valence-electron chi connectivity index (χ0n) is 13.4. The van der Waals surface area contributed by atoms with Gasteiger partial charge in [-0.25, -0.2) is 8.42 Å². The van der Waals surface area contributed by atoms with Gasteiger partial charge in [-0.3, -0.25) is 4.79 Å². The molecule has 5 nitrogen and oxygen atoms in total. The van der Waals surface area contributed by atoms with Gasteiger partial charge in [0.2, 0.25) is 0 Å². The number of benzene rings is 2. The van der Waals surface area contributed by atoms with E-state index >= 15 is 0 Å². The average Bonchev–Trinajstić information content (AvgIpc) is 2.58. The van der Waals surface area contributed by atoms with Crippen LogP contribution in [0.4, 0.5) is 5.69 Å². The number of rotatable bonds is 4. The summed E-state index contributed by atoms with van der Waals surface area (Å²) < 4.78 is 24.6. The van der Waals surface area contributed by atoms with Crippen molar-refractivity contribution in [3.63, 3.8) is 0 Å². The molecule has 0 amide bonds. The lowest BCUT2D eigenvalue weighted by Gasteiger charge is -2.31. The highest BCUT2D eigenvalue weighted by Gasteiger charge is 2.29. The highest BCUT2D eigenvalue weighted by molar-refractivity contribution is 7.91. The van der Waals surface area contributed by atoms with Crippen LogP contribution in [-0.4, -0.2) is 38.2 Å². The van der Waals surface area contributed by atoms with Crippen LogP contribution in [-0.2, 0) is 16.4 Å². The standard InChI is InChI=1S/C18H19NO4S/c1-13-2-4-14(5-3-13)11-19-8-9-24(22,23)18-7-6-15(10-16(18)19)17(21)12-20/h2-7,10,20H,8-9,11-12H2,1H3. The summed E-state index contributed by atoms with van der Waals surface area (Å²) in [6, 6.07) is 12.6. The van der Waals surface area contributed by atoms with Crippen molar-refractivity contribution in [3.8, 4) is 0 Å². The number of carbonyl (C=O) groups is 1. The number of fused-ring (bicyclic) bond motifs is 1. The van der Waals surface area contributed by atoms with Crippen LogP contribution in [0.2, 0.25) is 0 Å². The molecule has 1 heterocycles. The second-order valence-electron chi connectivity index (χ2n) is 5.99. The number of aliphatic hydroxyl groups excluding tert-OH is 1. The van der Waals surface area contributed by atoms with Gasteiger partial charge in [0.15, 0.2) is 15.6 Å². The maximum Gasteiger partial charge on any atom is 0.188 e. The number of ketones is 1. The molecule has 2 aromatic carbocycles. The molecule has 0 bridgehead atoms. The molecule has 0 aromatic heterocycles. The number of Topliss-reactive ketones (excluding diaryl/α,β-unsaturated/α-hetero) is 1. The Balaban J connectivity index is 2.01. The third kappa shape index (κ3) is 3.20. The summed E-state index contributed by atoms with van der Waals surface area (Å²) in [5, 5.41) is 9.04. The van der Waals surface area contributed by atoms with Gasteiger partial charge in [-0.15, -0.1) is 0 Å². The second-order valence-corrected chi connectivity index (χ2v) is 8.07. The number of nitrogens with zero attached hydrogens (tertiary/aromatic N) is 1. The zero-order valence-corrected chi connectivity index (χ0v) is 14.2. The Morgan fingerprint density at radius 3 is 2.54 bits per heavy atom. The van der Waals surface area contributed by atoms with Gasteiger partial charge in [-0.2, -0.15) is 0 Å². The molecule has 2 aromatic rings. The largest absolute Gasteiger partial charge is 0.388 e. The van der Waals surface area contributed by atoms with Crippen molar-refractivity contribution in [1.82, 2.24) is 0 Å². The third-order valence-corrected chi connectivity index (χ3v) is 5.96. The summed E-state index contributed by atoms with van der Waals surface area (Å²) in [6.45, 7) is 2.36. The van der Waals surface area contributed by atoms with Crippen molar-refractivity contribution in [3.05, 3.63) is 59.2 Å². The summed E-state index contributed by atoms with van der Waals surface area (Å²) in [4.78, 5) is 14.0. The van der Waals surface area contributed by atoms with E-state index in [1.54, 1.807) is 6.07 Å². The summed E-state index contributed by atoms with van der Waals surface area (Å²) in [5.74, 6) is -0.366. The molecule has 0 radical (unpaired) electrons. The molecule has 1 aliphatic rings. The van der Waals surface area contributed by atoms with Crippen LogP contribution in [0.25, 0.3) is 0 Å². The highest BCUT2D eigenvalue weighted by Crippen LogP contribution is 2.32. The fourth-order valence-electron chi connectivity index (χ4n) is 2.83. The molecule has 126 valence electrons. The molecule has 0 spiro atoms. The van der Waals surface area contributed by atoms with Gasteiger partial charge in [0, 0.05) is 18.7 Å². The molecule has 1 N–H and O–H groups in total. The molecular formula is C18H19NO4S. The van der Waals surface area contributed by atoms with E-state index in [1.807, 2.05) is 36.1 Å². The van der Waals surface area contributed by atoms with E-state index in [0.29, 0.717) is 24.3 Å². The van der Waals surface area contributed by atoms with Gasteiger partial charge in [-0.05, 0) is 30.7 Å². The average molecular weight is 345 g/mol. The molecule has 0 unspecified atom stereocenters. The van der Waals surface area contributed by atoms with Crippen molar-refractivity contribution in [2.24, 2.45) is 0 Å². The molecule has 24 heavy (non-hydrogen) atoms. The predicted molar refractivity (Wildman–Crippen MR) is 92.1 cm³/mol. The number of hydrogen-bond acceptors (Lipinski definition) is 5. The Labute approximate surface area is 141 Å². The number of carbonyl (C=O) groups excluding carboxylic acids is 1. The Morgan fingerprint density at radius 1 is 1.17 bits per heavy atom. The summed E-state index contributed by atoms with van der Waals surface area (Å²) >= 11 is 0. The lowest BCUT2D eigenvalue weighted by molar-refractivity contribution is 0.0903. The second kappa shape index (κ2) is 6.37. The Kier molecular flexibility index (Phi) is 4.43. The number of hydrogen-bond donors (Lipinski definition) is 1. The van der Waals surface area contributed by atoms with Crippen molar-refractivity contribution >= 4 is 21.3 Å². The van der Waals surface area contributed by atoms with Crippen molar-refractivity contribution in [2.45, 2.75) is 18.4 Å². The Hall–Kier alpha value is -2.18. The Morgan fingerprint density at radius 2 is 1.88 bits per heavy atom. The van der Waals surface area contributed by atoms with E-state index in [4.69, 9.17) is 5.11 Å². The van der Waals surface area contributed by atoms with E-state index in [9.17, 15) is 13.2 Å². The minimum atomic E-state index is -3.34. The fourth-order valence-corrected chi connectivity index (χ4v) is 4.29. The molecule has 6 heteroatoms. The van der Waals surface area contributed by atoms with Gasteiger partial charge in [0.05, 0.1) is 16.3 Å². The first-order valence-electron chi connectivity index (χ1n) is 7.72. The number of anilines is 1. The van der Waals surface area contributed by atoms with Crippen LogP contribution in [0.3, 0.4) is 0 Å². The maximum atomic E-state index is 12.3. The van der Waals surface area contributed by atoms with Crippen LogP contribution < -0.4 is 4.90 Å². The number of aliphatic hydroxyl groups is 1. The monoisotopic (exact) mass is 345 g/mol. The minimum Gasteiger partial charge on any atom is -0.388 e. The quantitative estimate of drug-likeness (QED) is 0.858. The fraction of sp³-hybridized carbons (Fsp3) is 0.278. The topological polar surface area (TPSA) is 74.7 Å². The predicted octanol–water partition coefficient (Wildman–Crippen LogP) is 1.96. The third-order valence-electron chi connectivity index (χ3n) is 4.22. The smallest absolute Gasteiger partial charge is 0.188 e. The molecule has 1 aliphatic heterocycles. The maximum absolute atomic E-state index is 12.3. The van der Waals surface area contributed by atoms with Gasteiger partial charge in [0.1, 0.15) is 6.61 Å². The first-order valence-corrected chi connectivity index (χ1v) is 9.37. The van der Waals surface area contributed by atoms with Crippen LogP contribution in [0, 0.1) is 6.92 Å². The van der Waals surface area contributed by atoms with Gasteiger partial charge < -0.3 is 10.0 Å². The molecule has 0 saturated heterocycles. The lowest BCUT2D eigenvalue weighted by atomic mass is 10.1. The normalized spacial score (nSPS) is 15.8. The zero-order chi connectivity index (χ0) is 17.3. The lowest BCUT2D eigenvalue weighted by Crippen LogP contribution is -2.35. The van der Waals surface area contributed by atoms with Crippen molar-refractivity contribution in [1.29, 1.82) is 0 Å². The highest BCUT2D eigenvalue weighted by atomic mass is 32.2. The van der Waals surface area contributed by atoms with Crippen LogP contribution in [0.5, 0.6) is 0 Å². The van der Waals surface area contributed by atoms with E-state index in [-0.39, 0.29) is 10.6 Å². The van der Waals surface area contributed by atoms with Gasteiger partial charge >= 0.3 is 0 Å². The SMILES string of the molecule is Cc1ccc(CN2CCS(=O)(=O)c3ccc(C(=O)CO)cc32)cc1. The number of sulfone groups is 1. The molecule has 3 rings (SSSR count). The van der Waals surface area contributed by atoms with Crippen LogP contribution >= 0.6 is 0 Å². The molecule has 0 fully saturated rings. The van der Waals surface area contributed by atoms with E-state index in [2.05, 4.69) is 0 Å². The van der Waals surface area contributed by atoms with Crippen molar-refractivity contribution < 1.29 is 18.3 Å². The van der Waals surface area contributed by atoms with E-state index < -0.39 is 22.2 Å². The molecule has 0 saturated carbocycles. The molecule has 0 aliphatic carbocycles. The van der Waals surface area contributed by atoms with Crippen molar-refractivity contribution in [2.75, 3.05) is 23.8 Å². The molecule has 0 atom stereocenters. The van der Waals surface area contributed by atoms with Crippen LogP contribution in [0.1, 0.15) is 21.5 Å². The Bertz CT molecular complexity index is 872. The minimum absolute atomic E-state index is 0.0547. The van der Waals surface area contributed by atoms with Gasteiger partial charge in [-0.1, -0.05) is 29.8 Å². The van der Waals surface area contributed by atoms with E-state index in [0.717, 1.165) is 11.1 Å². The molecular weight excluding hydrogens is 326 g/mol. The first-order chi connectivity index (χ1) is 11.4. The summed E-state index contributed by atoms with van der Waals surface area (Å²) in [6.07, 6.45) is 0. The van der Waals surface area contributed by atoms with Crippen LogP contribution in [0.15, 0.2) is 47.4 Å². The summed E-state index contributed by atoms with van der Waals surface area (Å²) in [7, 11) is -3.34. The first kappa shape index (κ1) is 16.7. The number of aryl methyl sites for hydroxylation is 1. The summed E-state index contributed by atoms with van der Waals surface area (Å²) in [5.41, 5.74) is 3.09.